The van der Waals surface area contributed by atoms with Crippen LogP contribution in [-0.4, -0.2) is 21.4 Å². The molecule has 0 bridgehead atoms. The molecule has 0 fully saturated rings. The molecule has 1 aromatic heterocycles. The first-order chi connectivity index (χ1) is 10.5. The maximum absolute atomic E-state index is 12.7. The molecule has 1 heterocycles. The number of nitrogens with zero attached hydrogens (tertiary/aromatic N) is 2. The second-order valence-corrected chi connectivity index (χ2v) is 5.54. The van der Waals surface area contributed by atoms with Gasteiger partial charge < -0.3 is 9.67 Å². The van der Waals surface area contributed by atoms with Crippen molar-refractivity contribution in [3.05, 3.63) is 52.3 Å². The summed E-state index contributed by atoms with van der Waals surface area (Å²) in [6.07, 6.45) is 0.603. The quantitative estimate of drug-likeness (QED) is 0.880. The fraction of sp³-hybridized carbons (Fsp3) is 0.333. The molecule has 0 saturated heterocycles. The maximum atomic E-state index is 12.7. The van der Waals surface area contributed by atoms with E-state index in [1.165, 1.54) is 0 Å². The third-order valence-electron chi connectivity index (χ3n) is 3.52. The van der Waals surface area contributed by atoms with Gasteiger partial charge in [0.1, 0.15) is 11.3 Å². The highest BCUT2D eigenvalue weighted by Gasteiger charge is 2.17. The molecule has 4 nitrogen and oxygen atoms in total. The molecule has 1 N–H and O–H groups in total. The van der Waals surface area contributed by atoms with Gasteiger partial charge in [0, 0.05) is 19.2 Å². The van der Waals surface area contributed by atoms with Crippen LogP contribution in [0.5, 0.6) is 5.75 Å². The highest BCUT2D eigenvalue weighted by Crippen LogP contribution is 2.24. The Bertz CT molecular complexity index is 744. The fourth-order valence-corrected chi connectivity index (χ4v) is 2.49. The van der Waals surface area contributed by atoms with E-state index in [9.17, 15) is 9.90 Å². The molecule has 0 saturated carbocycles. The Balaban J connectivity index is 2.67. The molecule has 0 unspecified atom stereocenters. The second kappa shape index (κ2) is 6.60. The van der Waals surface area contributed by atoms with Crippen LogP contribution in [0.4, 0.5) is 0 Å². The summed E-state index contributed by atoms with van der Waals surface area (Å²) in [4.78, 5) is 17.2. The van der Waals surface area contributed by atoms with Gasteiger partial charge in [-0.05, 0) is 25.8 Å². The van der Waals surface area contributed by atoms with Gasteiger partial charge in [0.05, 0.1) is 11.4 Å². The summed E-state index contributed by atoms with van der Waals surface area (Å²) < 4.78 is 1.57. The van der Waals surface area contributed by atoms with Crippen LogP contribution in [-0.2, 0) is 7.05 Å². The number of aromatic hydroxyl groups is 1. The van der Waals surface area contributed by atoms with E-state index in [0.717, 1.165) is 5.56 Å². The molecule has 0 aliphatic rings. The summed E-state index contributed by atoms with van der Waals surface area (Å²) in [6, 6.07) is 11.3. The Labute approximate surface area is 130 Å². The molecular formula is C18H22N2O2. The Hall–Kier alpha value is -2.36. The largest absolute Gasteiger partial charge is 0.507 e. The van der Waals surface area contributed by atoms with Crippen molar-refractivity contribution >= 4 is 5.71 Å². The van der Waals surface area contributed by atoms with Crippen LogP contribution >= 0.6 is 0 Å². The number of hydrogen-bond acceptors (Lipinski definition) is 3. The summed E-state index contributed by atoms with van der Waals surface area (Å²) in [7, 11) is 1.72. The van der Waals surface area contributed by atoms with Crippen LogP contribution in [0.25, 0.3) is 11.3 Å². The van der Waals surface area contributed by atoms with Crippen molar-refractivity contribution in [2.75, 3.05) is 0 Å². The number of benzene rings is 1. The normalized spacial score (nSPS) is 12.0. The molecule has 0 aliphatic carbocycles. The highest BCUT2D eigenvalue weighted by atomic mass is 16.3. The maximum Gasteiger partial charge on any atom is 0.263 e. The molecule has 0 amide bonds. The van der Waals surface area contributed by atoms with Crippen molar-refractivity contribution in [1.82, 2.24) is 4.57 Å². The van der Waals surface area contributed by atoms with E-state index in [1.54, 1.807) is 17.7 Å². The molecular weight excluding hydrogens is 276 g/mol. The van der Waals surface area contributed by atoms with Crippen molar-refractivity contribution < 1.29 is 5.11 Å². The van der Waals surface area contributed by atoms with Gasteiger partial charge in [0.2, 0.25) is 0 Å². The lowest BCUT2D eigenvalue weighted by Crippen LogP contribution is -2.26. The SMILES string of the molecule is CCC(=NC(C)C)c1c(O)cc(-c2ccccc2)n(C)c1=O. The Morgan fingerprint density at radius 3 is 2.45 bits per heavy atom. The summed E-state index contributed by atoms with van der Waals surface area (Å²) in [5.74, 6) is -0.0109. The second-order valence-electron chi connectivity index (χ2n) is 5.54. The number of hydrogen-bond donors (Lipinski definition) is 1. The lowest BCUT2D eigenvalue weighted by atomic mass is 10.0. The standard InChI is InChI=1S/C18H22N2O2/c1-5-14(19-12(2)3)17-16(21)11-15(20(4)18(17)22)13-9-7-6-8-10-13/h6-12,21H,5H2,1-4H3. The van der Waals surface area contributed by atoms with Crippen molar-refractivity contribution in [1.29, 1.82) is 0 Å². The minimum atomic E-state index is -0.222. The molecule has 1 aromatic carbocycles. The zero-order valence-corrected chi connectivity index (χ0v) is 13.5. The van der Waals surface area contributed by atoms with Crippen LogP contribution in [0.2, 0.25) is 0 Å². The molecule has 0 aliphatic heterocycles. The first-order valence-electron chi connectivity index (χ1n) is 7.51. The van der Waals surface area contributed by atoms with Gasteiger partial charge in [0.15, 0.2) is 0 Å². The molecule has 4 heteroatoms. The minimum absolute atomic E-state index is 0.0109. The molecule has 2 rings (SSSR count). The average Bonchev–Trinajstić information content (AvgIpc) is 2.50. The molecule has 0 atom stereocenters. The van der Waals surface area contributed by atoms with E-state index in [-0.39, 0.29) is 17.4 Å². The predicted molar refractivity (Wildman–Crippen MR) is 90.7 cm³/mol. The first-order valence-corrected chi connectivity index (χ1v) is 7.51. The lowest BCUT2D eigenvalue weighted by molar-refractivity contribution is 0.471. The van der Waals surface area contributed by atoms with E-state index in [2.05, 4.69) is 4.99 Å². The average molecular weight is 298 g/mol. The van der Waals surface area contributed by atoms with Gasteiger partial charge in [-0.3, -0.25) is 9.79 Å². The molecule has 2 aromatic rings. The number of aliphatic imine (C=N–C) groups is 1. The van der Waals surface area contributed by atoms with Crippen LogP contribution in [0.15, 0.2) is 46.2 Å². The summed E-state index contributed by atoms with van der Waals surface area (Å²) >= 11 is 0. The smallest absolute Gasteiger partial charge is 0.263 e. The molecule has 22 heavy (non-hydrogen) atoms. The summed E-state index contributed by atoms with van der Waals surface area (Å²) in [6.45, 7) is 5.84. The Kier molecular flexibility index (Phi) is 4.81. The van der Waals surface area contributed by atoms with Gasteiger partial charge >= 0.3 is 0 Å². The number of pyridine rings is 1. The first kappa shape index (κ1) is 16.0. The fourth-order valence-electron chi connectivity index (χ4n) is 2.49. The molecule has 0 radical (unpaired) electrons. The van der Waals surface area contributed by atoms with Gasteiger partial charge in [-0.15, -0.1) is 0 Å². The van der Waals surface area contributed by atoms with Crippen molar-refractivity contribution in [2.24, 2.45) is 12.0 Å². The highest BCUT2D eigenvalue weighted by molar-refractivity contribution is 6.02. The van der Waals surface area contributed by atoms with Crippen molar-refractivity contribution in [3.63, 3.8) is 0 Å². The van der Waals surface area contributed by atoms with Gasteiger partial charge in [-0.2, -0.15) is 0 Å². The monoisotopic (exact) mass is 298 g/mol. The number of rotatable bonds is 4. The van der Waals surface area contributed by atoms with E-state index in [4.69, 9.17) is 0 Å². The topological polar surface area (TPSA) is 54.6 Å². The van der Waals surface area contributed by atoms with E-state index in [0.29, 0.717) is 23.4 Å². The molecule has 116 valence electrons. The molecule has 0 spiro atoms. The van der Waals surface area contributed by atoms with E-state index >= 15 is 0 Å². The van der Waals surface area contributed by atoms with Crippen LogP contribution < -0.4 is 5.56 Å². The van der Waals surface area contributed by atoms with Crippen molar-refractivity contribution in [2.45, 2.75) is 33.2 Å². The Morgan fingerprint density at radius 1 is 1.27 bits per heavy atom. The third-order valence-corrected chi connectivity index (χ3v) is 3.52. The van der Waals surface area contributed by atoms with E-state index in [1.807, 2.05) is 51.1 Å². The number of aromatic nitrogens is 1. The zero-order chi connectivity index (χ0) is 16.3. The lowest BCUT2D eigenvalue weighted by Gasteiger charge is -2.14. The van der Waals surface area contributed by atoms with Gasteiger partial charge in [-0.1, -0.05) is 37.3 Å². The minimum Gasteiger partial charge on any atom is -0.507 e. The zero-order valence-electron chi connectivity index (χ0n) is 13.5. The van der Waals surface area contributed by atoms with Crippen LogP contribution in [0.3, 0.4) is 0 Å². The van der Waals surface area contributed by atoms with Crippen molar-refractivity contribution in [3.8, 4) is 17.0 Å². The van der Waals surface area contributed by atoms with E-state index < -0.39 is 0 Å². The Morgan fingerprint density at radius 2 is 1.91 bits per heavy atom. The third kappa shape index (κ3) is 3.11. The summed E-state index contributed by atoms with van der Waals surface area (Å²) in [5, 5.41) is 10.4. The van der Waals surface area contributed by atoms with Gasteiger partial charge in [0.25, 0.3) is 5.56 Å². The van der Waals surface area contributed by atoms with Crippen LogP contribution in [0.1, 0.15) is 32.8 Å². The van der Waals surface area contributed by atoms with Crippen LogP contribution in [0, 0.1) is 0 Å². The summed E-state index contributed by atoms with van der Waals surface area (Å²) in [5.41, 5.74) is 2.31. The predicted octanol–water partition coefficient (Wildman–Crippen LogP) is 3.37. The van der Waals surface area contributed by atoms with Gasteiger partial charge in [-0.25, -0.2) is 0 Å².